The molecule has 0 radical (unpaired) electrons. The standard InChI is InChI=1S/C19H13BrO2/c20-17-9-5-16(6-10-17)19(22)15-3-1-13(2-4-15)14-7-11-18(21)12-8-14/h1-12,21H. The Kier molecular flexibility index (Phi) is 4.07. The molecule has 1 N–H and O–H groups in total. The van der Waals surface area contributed by atoms with Crippen molar-refractivity contribution < 1.29 is 9.90 Å². The van der Waals surface area contributed by atoms with E-state index in [1.807, 2.05) is 48.5 Å². The van der Waals surface area contributed by atoms with E-state index in [9.17, 15) is 9.90 Å². The van der Waals surface area contributed by atoms with Crippen LogP contribution in [0.15, 0.2) is 77.3 Å². The number of aromatic hydroxyl groups is 1. The highest BCUT2D eigenvalue weighted by molar-refractivity contribution is 9.10. The summed E-state index contributed by atoms with van der Waals surface area (Å²) in [4.78, 5) is 12.4. The molecule has 0 spiro atoms. The molecule has 0 unspecified atom stereocenters. The molecular weight excluding hydrogens is 340 g/mol. The number of phenolic OH excluding ortho intramolecular Hbond substituents is 1. The Morgan fingerprint density at radius 1 is 0.682 bits per heavy atom. The predicted molar refractivity (Wildman–Crippen MR) is 91.1 cm³/mol. The SMILES string of the molecule is O=C(c1ccc(Br)cc1)c1ccc(-c2ccc(O)cc2)cc1. The van der Waals surface area contributed by atoms with Crippen molar-refractivity contribution >= 4 is 21.7 Å². The third-order valence-electron chi connectivity index (χ3n) is 3.45. The van der Waals surface area contributed by atoms with E-state index in [1.165, 1.54) is 0 Å². The quantitative estimate of drug-likeness (QED) is 0.669. The summed E-state index contributed by atoms with van der Waals surface area (Å²) in [5.74, 6) is 0.246. The van der Waals surface area contributed by atoms with E-state index in [-0.39, 0.29) is 11.5 Å². The van der Waals surface area contributed by atoms with Crippen LogP contribution in [0, 0.1) is 0 Å². The maximum atomic E-state index is 12.4. The van der Waals surface area contributed by atoms with Crippen molar-refractivity contribution in [1.29, 1.82) is 0 Å². The molecule has 3 rings (SSSR count). The van der Waals surface area contributed by atoms with Crippen LogP contribution in [0.4, 0.5) is 0 Å². The zero-order valence-corrected chi connectivity index (χ0v) is 13.2. The van der Waals surface area contributed by atoms with Gasteiger partial charge >= 0.3 is 0 Å². The molecule has 3 aromatic carbocycles. The van der Waals surface area contributed by atoms with Gasteiger partial charge in [0.25, 0.3) is 0 Å². The average molecular weight is 353 g/mol. The summed E-state index contributed by atoms with van der Waals surface area (Å²) < 4.78 is 0.951. The van der Waals surface area contributed by atoms with Crippen LogP contribution >= 0.6 is 15.9 Å². The van der Waals surface area contributed by atoms with Gasteiger partial charge in [-0.2, -0.15) is 0 Å². The normalized spacial score (nSPS) is 10.4. The van der Waals surface area contributed by atoms with Gasteiger partial charge < -0.3 is 5.11 Å². The highest BCUT2D eigenvalue weighted by Crippen LogP contribution is 2.23. The van der Waals surface area contributed by atoms with Gasteiger partial charge in [-0.25, -0.2) is 0 Å². The highest BCUT2D eigenvalue weighted by Gasteiger charge is 2.09. The lowest BCUT2D eigenvalue weighted by atomic mass is 9.99. The van der Waals surface area contributed by atoms with E-state index >= 15 is 0 Å². The topological polar surface area (TPSA) is 37.3 Å². The number of carbonyl (C=O) groups excluding carboxylic acids is 1. The Hall–Kier alpha value is -2.39. The van der Waals surface area contributed by atoms with Gasteiger partial charge in [0.15, 0.2) is 5.78 Å². The third-order valence-corrected chi connectivity index (χ3v) is 3.98. The van der Waals surface area contributed by atoms with Crippen molar-refractivity contribution in [2.45, 2.75) is 0 Å². The maximum absolute atomic E-state index is 12.4. The summed E-state index contributed by atoms with van der Waals surface area (Å²) >= 11 is 3.36. The van der Waals surface area contributed by atoms with Gasteiger partial charge in [0.1, 0.15) is 5.75 Å². The summed E-state index contributed by atoms with van der Waals surface area (Å²) in [5.41, 5.74) is 3.33. The fraction of sp³-hybridized carbons (Fsp3) is 0. The number of hydrogen-bond acceptors (Lipinski definition) is 2. The number of phenols is 1. The maximum Gasteiger partial charge on any atom is 0.193 e. The van der Waals surface area contributed by atoms with Crippen LogP contribution in [0.3, 0.4) is 0 Å². The van der Waals surface area contributed by atoms with Crippen molar-refractivity contribution in [2.24, 2.45) is 0 Å². The molecule has 2 nitrogen and oxygen atoms in total. The van der Waals surface area contributed by atoms with Gasteiger partial charge in [-0.05, 0) is 47.5 Å². The second-order valence-corrected chi connectivity index (χ2v) is 5.88. The molecule has 0 aliphatic rings. The van der Waals surface area contributed by atoms with Gasteiger partial charge in [-0.1, -0.05) is 52.3 Å². The lowest BCUT2D eigenvalue weighted by Crippen LogP contribution is -2.00. The molecule has 0 aliphatic heterocycles. The number of benzene rings is 3. The fourth-order valence-electron chi connectivity index (χ4n) is 2.24. The van der Waals surface area contributed by atoms with Crippen LogP contribution in [0.5, 0.6) is 5.75 Å². The Balaban J connectivity index is 1.86. The second-order valence-electron chi connectivity index (χ2n) is 4.96. The molecule has 0 fully saturated rings. The Bertz CT molecular complexity index is 788. The van der Waals surface area contributed by atoms with Crippen molar-refractivity contribution in [2.75, 3.05) is 0 Å². The molecule has 0 saturated carbocycles. The van der Waals surface area contributed by atoms with Gasteiger partial charge in [0.05, 0.1) is 0 Å². The molecule has 3 aromatic rings. The summed E-state index contributed by atoms with van der Waals surface area (Å²) in [6, 6.07) is 21.8. The molecule has 0 bridgehead atoms. The number of carbonyl (C=O) groups is 1. The molecule has 0 atom stereocenters. The number of hydrogen-bond donors (Lipinski definition) is 1. The first-order chi connectivity index (χ1) is 10.6. The average Bonchev–Trinajstić information content (AvgIpc) is 2.56. The van der Waals surface area contributed by atoms with Gasteiger partial charge in [-0.3, -0.25) is 4.79 Å². The number of ketones is 1. The Morgan fingerprint density at radius 2 is 1.09 bits per heavy atom. The van der Waals surface area contributed by atoms with Crippen LogP contribution in [0.25, 0.3) is 11.1 Å². The lowest BCUT2D eigenvalue weighted by Gasteiger charge is -2.05. The fourth-order valence-corrected chi connectivity index (χ4v) is 2.50. The van der Waals surface area contributed by atoms with Crippen LogP contribution in [-0.4, -0.2) is 10.9 Å². The summed E-state index contributed by atoms with van der Waals surface area (Å²) in [7, 11) is 0. The molecule has 0 heterocycles. The second kappa shape index (κ2) is 6.16. The molecule has 3 heteroatoms. The minimum Gasteiger partial charge on any atom is -0.508 e. The van der Waals surface area contributed by atoms with Crippen LogP contribution in [0.2, 0.25) is 0 Å². The smallest absolute Gasteiger partial charge is 0.193 e. The van der Waals surface area contributed by atoms with Crippen molar-refractivity contribution in [3.8, 4) is 16.9 Å². The van der Waals surface area contributed by atoms with E-state index < -0.39 is 0 Å². The van der Waals surface area contributed by atoms with Crippen LogP contribution in [0.1, 0.15) is 15.9 Å². The van der Waals surface area contributed by atoms with Gasteiger partial charge in [0.2, 0.25) is 0 Å². The number of halogens is 1. The van der Waals surface area contributed by atoms with Crippen molar-refractivity contribution in [3.63, 3.8) is 0 Å². The minimum absolute atomic E-state index is 0.00440. The van der Waals surface area contributed by atoms with E-state index in [4.69, 9.17) is 0 Å². The minimum atomic E-state index is 0.00440. The summed E-state index contributed by atoms with van der Waals surface area (Å²) in [5, 5.41) is 9.32. The first-order valence-electron chi connectivity index (χ1n) is 6.83. The largest absolute Gasteiger partial charge is 0.508 e. The lowest BCUT2D eigenvalue weighted by molar-refractivity contribution is 0.103. The van der Waals surface area contributed by atoms with Crippen LogP contribution in [-0.2, 0) is 0 Å². The summed E-state index contributed by atoms with van der Waals surface area (Å²) in [6.45, 7) is 0. The first kappa shape index (κ1) is 14.5. The van der Waals surface area contributed by atoms with Crippen molar-refractivity contribution in [1.82, 2.24) is 0 Å². The zero-order valence-electron chi connectivity index (χ0n) is 11.7. The molecule has 0 saturated heterocycles. The number of rotatable bonds is 3. The van der Waals surface area contributed by atoms with Crippen LogP contribution < -0.4 is 0 Å². The molecule has 22 heavy (non-hydrogen) atoms. The Morgan fingerprint density at radius 3 is 1.59 bits per heavy atom. The van der Waals surface area contributed by atoms with E-state index in [1.54, 1.807) is 24.3 Å². The molecule has 0 aromatic heterocycles. The van der Waals surface area contributed by atoms with Crippen molar-refractivity contribution in [3.05, 3.63) is 88.4 Å². The molecular formula is C19H13BrO2. The van der Waals surface area contributed by atoms with Gasteiger partial charge in [0, 0.05) is 15.6 Å². The zero-order chi connectivity index (χ0) is 15.5. The van der Waals surface area contributed by atoms with E-state index in [0.29, 0.717) is 11.1 Å². The van der Waals surface area contributed by atoms with E-state index in [0.717, 1.165) is 15.6 Å². The first-order valence-corrected chi connectivity index (χ1v) is 7.62. The monoisotopic (exact) mass is 352 g/mol. The third kappa shape index (κ3) is 3.10. The molecule has 0 amide bonds. The van der Waals surface area contributed by atoms with Gasteiger partial charge in [-0.15, -0.1) is 0 Å². The highest BCUT2D eigenvalue weighted by atomic mass is 79.9. The Labute approximate surface area is 137 Å². The summed E-state index contributed by atoms with van der Waals surface area (Å²) in [6.07, 6.45) is 0. The molecule has 0 aliphatic carbocycles. The molecule has 108 valence electrons. The van der Waals surface area contributed by atoms with E-state index in [2.05, 4.69) is 15.9 Å². The predicted octanol–water partition coefficient (Wildman–Crippen LogP) is 5.05.